The fourth-order valence-electron chi connectivity index (χ4n) is 8.92. The fraction of sp³-hybridized carbons (Fsp3) is 0.704. The maximum atomic E-state index is 12.9. The molecule has 0 fully saturated rings. The molecule has 0 aromatic heterocycles. The van der Waals surface area contributed by atoms with Crippen LogP contribution in [0.2, 0.25) is 0 Å². The zero-order valence-corrected chi connectivity index (χ0v) is 50.4. The predicted molar refractivity (Wildman–Crippen MR) is 334 cm³/mol. The standard InChI is InChI=1S/C71H120O6/c1-4-7-10-13-16-18-20-22-24-26-28-30-32-34-35-37-38-40-42-44-46-48-50-52-55-58-61-64-70(73)76-67-68(66-75-69(72)63-60-57-54-15-12-9-6-3)77-71(74)65-62-59-56-53-51-49-47-45-43-41-39-36-33-31-29-27-25-23-21-19-17-14-11-8-5-2/h7,10,16,18,21-24,27-30,33-36,38,40,68H,4-6,8-9,11-15,17,19-20,25-26,31-32,37,39,41-67H2,1-3H3/b10-7-,18-16-,23-21-,24-22-,29-27-,30-28-,35-34-,36-33-,40-38-. The van der Waals surface area contributed by atoms with Crippen LogP contribution < -0.4 is 0 Å². The van der Waals surface area contributed by atoms with Crippen LogP contribution in [0.5, 0.6) is 0 Å². The van der Waals surface area contributed by atoms with Crippen LogP contribution in [-0.4, -0.2) is 37.2 Å². The highest BCUT2D eigenvalue weighted by molar-refractivity contribution is 5.71. The fourth-order valence-corrected chi connectivity index (χ4v) is 8.92. The first-order chi connectivity index (χ1) is 38.0. The number of hydrogen-bond donors (Lipinski definition) is 0. The van der Waals surface area contributed by atoms with Gasteiger partial charge in [-0.05, 0) is 109 Å². The molecule has 0 saturated carbocycles. The quantitative estimate of drug-likeness (QED) is 0.0261. The molecule has 0 bridgehead atoms. The molecule has 0 amide bonds. The van der Waals surface area contributed by atoms with Gasteiger partial charge in [0, 0.05) is 19.3 Å². The highest BCUT2D eigenvalue weighted by Gasteiger charge is 2.19. The Morgan fingerprint density at radius 1 is 0.273 bits per heavy atom. The van der Waals surface area contributed by atoms with Crippen LogP contribution in [-0.2, 0) is 28.6 Å². The average molecular weight is 1070 g/mol. The molecular formula is C71H120O6. The molecule has 0 saturated heterocycles. The number of carbonyl (C=O) groups is 3. The van der Waals surface area contributed by atoms with E-state index in [-0.39, 0.29) is 31.1 Å². The average Bonchev–Trinajstić information content (AvgIpc) is 3.43. The summed E-state index contributed by atoms with van der Waals surface area (Å²) in [5.74, 6) is -0.895. The molecule has 0 aliphatic rings. The van der Waals surface area contributed by atoms with Gasteiger partial charge in [0.1, 0.15) is 13.2 Å². The van der Waals surface area contributed by atoms with Crippen molar-refractivity contribution in [3.8, 4) is 0 Å². The highest BCUT2D eigenvalue weighted by Crippen LogP contribution is 2.16. The Kier molecular flexibility index (Phi) is 61.3. The van der Waals surface area contributed by atoms with E-state index in [4.69, 9.17) is 14.2 Å². The summed E-state index contributed by atoms with van der Waals surface area (Å²) < 4.78 is 16.8. The highest BCUT2D eigenvalue weighted by atomic mass is 16.6. The first-order valence-electron chi connectivity index (χ1n) is 32.4. The van der Waals surface area contributed by atoms with Gasteiger partial charge in [0.15, 0.2) is 6.10 Å². The van der Waals surface area contributed by atoms with Crippen molar-refractivity contribution in [2.75, 3.05) is 13.2 Å². The Morgan fingerprint density at radius 3 is 0.792 bits per heavy atom. The summed E-state index contributed by atoms with van der Waals surface area (Å²) >= 11 is 0. The summed E-state index contributed by atoms with van der Waals surface area (Å²) in [6.07, 6.45) is 88.3. The van der Waals surface area contributed by atoms with Crippen molar-refractivity contribution in [1.29, 1.82) is 0 Å². The summed E-state index contributed by atoms with van der Waals surface area (Å²) in [7, 11) is 0. The van der Waals surface area contributed by atoms with Crippen LogP contribution in [0.15, 0.2) is 109 Å². The Labute approximate surface area is 476 Å². The van der Waals surface area contributed by atoms with Crippen molar-refractivity contribution in [3.63, 3.8) is 0 Å². The minimum atomic E-state index is -0.783. The first-order valence-corrected chi connectivity index (χ1v) is 32.4. The number of esters is 3. The van der Waals surface area contributed by atoms with Crippen LogP contribution in [0, 0.1) is 0 Å². The predicted octanol–water partition coefficient (Wildman–Crippen LogP) is 22.2. The van der Waals surface area contributed by atoms with Crippen molar-refractivity contribution in [3.05, 3.63) is 109 Å². The van der Waals surface area contributed by atoms with E-state index in [0.717, 1.165) is 116 Å². The van der Waals surface area contributed by atoms with Gasteiger partial charge >= 0.3 is 17.9 Å². The van der Waals surface area contributed by atoms with Crippen LogP contribution >= 0.6 is 0 Å². The monoisotopic (exact) mass is 1070 g/mol. The summed E-state index contributed by atoms with van der Waals surface area (Å²) in [4.78, 5) is 38.1. The third-order valence-corrected chi connectivity index (χ3v) is 13.8. The molecule has 0 aromatic rings. The van der Waals surface area contributed by atoms with Gasteiger partial charge in [0.2, 0.25) is 0 Å². The van der Waals surface area contributed by atoms with Gasteiger partial charge in [-0.15, -0.1) is 0 Å². The van der Waals surface area contributed by atoms with Gasteiger partial charge in [-0.2, -0.15) is 0 Å². The molecule has 6 nitrogen and oxygen atoms in total. The molecule has 0 radical (unpaired) electrons. The van der Waals surface area contributed by atoms with E-state index in [0.29, 0.717) is 19.3 Å². The molecule has 0 aliphatic heterocycles. The second-order valence-electron chi connectivity index (χ2n) is 21.3. The van der Waals surface area contributed by atoms with Crippen molar-refractivity contribution >= 4 is 17.9 Å². The molecule has 77 heavy (non-hydrogen) atoms. The van der Waals surface area contributed by atoms with E-state index in [2.05, 4.69) is 130 Å². The van der Waals surface area contributed by atoms with Gasteiger partial charge in [0.05, 0.1) is 0 Å². The first kappa shape index (κ1) is 73.1. The molecule has 0 spiro atoms. The smallest absolute Gasteiger partial charge is 0.306 e. The van der Waals surface area contributed by atoms with Gasteiger partial charge < -0.3 is 14.2 Å². The number of ether oxygens (including phenoxy) is 3. The molecule has 6 heteroatoms. The molecule has 0 rings (SSSR count). The number of hydrogen-bond acceptors (Lipinski definition) is 6. The number of rotatable bonds is 58. The summed E-state index contributed by atoms with van der Waals surface area (Å²) in [5.41, 5.74) is 0. The van der Waals surface area contributed by atoms with Crippen molar-refractivity contribution < 1.29 is 28.6 Å². The molecule has 0 aromatic carbocycles. The lowest BCUT2D eigenvalue weighted by atomic mass is 10.0. The molecule has 1 unspecified atom stereocenters. The maximum Gasteiger partial charge on any atom is 0.306 e. The van der Waals surface area contributed by atoms with Gasteiger partial charge in [-0.3, -0.25) is 14.4 Å². The lowest BCUT2D eigenvalue weighted by Gasteiger charge is -2.18. The third-order valence-electron chi connectivity index (χ3n) is 13.8. The molecule has 440 valence electrons. The van der Waals surface area contributed by atoms with E-state index >= 15 is 0 Å². The lowest BCUT2D eigenvalue weighted by molar-refractivity contribution is -0.167. The summed E-state index contributed by atoms with van der Waals surface area (Å²) in [6.45, 7) is 6.48. The minimum Gasteiger partial charge on any atom is -0.462 e. The van der Waals surface area contributed by atoms with Crippen LogP contribution in [0.3, 0.4) is 0 Å². The van der Waals surface area contributed by atoms with E-state index in [9.17, 15) is 14.4 Å². The van der Waals surface area contributed by atoms with Crippen molar-refractivity contribution in [2.45, 2.75) is 309 Å². The molecule has 0 heterocycles. The van der Waals surface area contributed by atoms with Crippen LogP contribution in [0.25, 0.3) is 0 Å². The van der Waals surface area contributed by atoms with E-state index in [1.54, 1.807) is 0 Å². The Hall–Kier alpha value is -3.93. The molecule has 0 N–H and O–H groups in total. The zero-order valence-electron chi connectivity index (χ0n) is 50.4. The lowest BCUT2D eigenvalue weighted by Crippen LogP contribution is -2.30. The van der Waals surface area contributed by atoms with Crippen molar-refractivity contribution in [2.24, 2.45) is 0 Å². The third kappa shape index (κ3) is 62.8. The molecule has 1 atom stereocenters. The normalized spacial score (nSPS) is 12.8. The Balaban J connectivity index is 4.18. The molecular weight excluding hydrogens is 949 g/mol. The van der Waals surface area contributed by atoms with Gasteiger partial charge in [-0.1, -0.05) is 284 Å². The zero-order chi connectivity index (χ0) is 55.7. The van der Waals surface area contributed by atoms with Gasteiger partial charge in [-0.25, -0.2) is 0 Å². The Morgan fingerprint density at radius 2 is 0.506 bits per heavy atom. The minimum absolute atomic E-state index is 0.0817. The SMILES string of the molecule is CC/C=C\C/C=C\C/C=C\C/C=C\C/C=C\C/C=C\CCCCCCCCCCC(=O)OCC(COC(=O)CCCCCCCCC)OC(=O)CCCCCCCCCCCC/C=C\C/C=C\C/C=C\CCCCCCC. The number of unbranched alkanes of at least 4 members (excludes halogenated alkanes) is 29. The van der Waals surface area contributed by atoms with Crippen LogP contribution in [0.1, 0.15) is 303 Å². The van der Waals surface area contributed by atoms with Crippen LogP contribution in [0.4, 0.5) is 0 Å². The number of allylic oxidation sites excluding steroid dienone is 18. The second-order valence-corrected chi connectivity index (χ2v) is 21.3. The topological polar surface area (TPSA) is 78.9 Å². The Bertz CT molecular complexity index is 1560. The van der Waals surface area contributed by atoms with E-state index in [1.165, 1.54) is 148 Å². The summed E-state index contributed by atoms with van der Waals surface area (Å²) in [6, 6.07) is 0. The number of carbonyl (C=O) groups excluding carboxylic acids is 3. The van der Waals surface area contributed by atoms with Crippen molar-refractivity contribution in [1.82, 2.24) is 0 Å². The summed E-state index contributed by atoms with van der Waals surface area (Å²) in [5, 5.41) is 0. The second kappa shape index (κ2) is 64.6. The maximum absolute atomic E-state index is 12.9. The van der Waals surface area contributed by atoms with Gasteiger partial charge in [0.25, 0.3) is 0 Å². The largest absolute Gasteiger partial charge is 0.462 e. The molecule has 0 aliphatic carbocycles. The van der Waals surface area contributed by atoms with E-state index < -0.39 is 6.10 Å². The van der Waals surface area contributed by atoms with E-state index in [1.807, 2.05) is 0 Å².